The molecular formula is C9H8FN5O. The quantitative estimate of drug-likeness (QED) is 0.720. The van der Waals surface area contributed by atoms with Crippen LogP contribution in [0.3, 0.4) is 0 Å². The van der Waals surface area contributed by atoms with Crippen LogP contribution in [0.4, 0.5) is 20.8 Å². The van der Waals surface area contributed by atoms with Gasteiger partial charge in [-0.1, -0.05) is 12.1 Å². The van der Waals surface area contributed by atoms with Crippen molar-refractivity contribution in [3.63, 3.8) is 0 Å². The zero-order valence-corrected chi connectivity index (χ0v) is 8.07. The third-order valence-corrected chi connectivity index (χ3v) is 1.77. The maximum Gasteiger partial charge on any atom is 0.326 e. The molecule has 1 aromatic carbocycles. The molecule has 0 saturated heterocycles. The lowest BCUT2D eigenvalue weighted by atomic mass is 10.3. The molecule has 2 rings (SSSR count). The summed E-state index contributed by atoms with van der Waals surface area (Å²) in [4.78, 5) is 15.0. The lowest BCUT2D eigenvalue weighted by Gasteiger charge is -2.05. The van der Waals surface area contributed by atoms with Crippen LogP contribution in [-0.2, 0) is 0 Å². The van der Waals surface area contributed by atoms with Gasteiger partial charge in [-0.25, -0.2) is 14.3 Å². The van der Waals surface area contributed by atoms with Crippen molar-refractivity contribution in [3.8, 4) is 0 Å². The number of hydrogen-bond acceptors (Lipinski definition) is 3. The third-order valence-electron chi connectivity index (χ3n) is 1.77. The van der Waals surface area contributed by atoms with Crippen LogP contribution in [0.15, 0.2) is 30.6 Å². The van der Waals surface area contributed by atoms with Crippen LogP contribution >= 0.6 is 0 Å². The maximum atomic E-state index is 13.2. The number of para-hydroxylation sites is 1. The number of aromatic amines is 1. The summed E-state index contributed by atoms with van der Waals surface area (Å²) in [6.07, 6.45) is 1.25. The second-order valence-corrected chi connectivity index (χ2v) is 2.89. The number of halogens is 1. The number of anilines is 2. The summed E-state index contributed by atoms with van der Waals surface area (Å²) in [5, 5.41) is 10.7. The van der Waals surface area contributed by atoms with E-state index in [4.69, 9.17) is 0 Å². The summed E-state index contributed by atoms with van der Waals surface area (Å²) in [6, 6.07) is 5.27. The average molecular weight is 221 g/mol. The molecular weight excluding hydrogens is 213 g/mol. The normalized spacial score (nSPS) is 9.81. The second-order valence-electron chi connectivity index (χ2n) is 2.89. The van der Waals surface area contributed by atoms with Crippen LogP contribution in [0.2, 0.25) is 0 Å². The van der Waals surface area contributed by atoms with Gasteiger partial charge < -0.3 is 5.32 Å². The average Bonchev–Trinajstić information content (AvgIpc) is 2.74. The van der Waals surface area contributed by atoms with E-state index in [0.717, 1.165) is 0 Å². The van der Waals surface area contributed by atoms with E-state index in [1.165, 1.54) is 24.5 Å². The molecule has 0 saturated carbocycles. The zero-order chi connectivity index (χ0) is 11.4. The van der Waals surface area contributed by atoms with E-state index in [2.05, 4.69) is 25.8 Å². The monoisotopic (exact) mass is 221 g/mol. The van der Waals surface area contributed by atoms with Gasteiger partial charge in [-0.05, 0) is 12.1 Å². The fraction of sp³-hybridized carbons (Fsp3) is 0. The first-order valence-corrected chi connectivity index (χ1v) is 4.43. The molecule has 0 radical (unpaired) electrons. The summed E-state index contributed by atoms with van der Waals surface area (Å²) in [5.74, 6) is -0.316. The number of benzene rings is 1. The van der Waals surface area contributed by atoms with E-state index in [1.807, 2.05) is 0 Å². The SMILES string of the molecule is O=C(Nc1ncn[nH]1)Nc1ccccc1F. The van der Waals surface area contributed by atoms with Crippen molar-refractivity contribution in [2.75, 3.05) is 10.6 Å². The Morgan fingerprint density at radius 1 is 1.31 bits per heavy atom. The molecule has 2 amide bonds. The number of rotatable bonds is 2. The smallest absolute Gasteiger partial charge is 0.305 e. The first-order chi connectivity index (χ1) is 7.75. The van der Waals surface area contributed by atoms with E-state index in [1.54, 1.807) is 6.07 Å². The van der Waals surface area contributed by atoms with Gasteiger partial charge in [0.2, 0.25) is 5.95 Å². The topological polar surface area (TPSA) is 82.7 Å². The predicted molar refractivity (Wildman–Crippen MR) is 55.4 cm³/mol. The highest BCUT2D eigenvalue weighted by molar-refractivity contribution is 5.98. The number of H-pyrrole nitrogens is 1. The zero-order valence-electron chi connectivity index (χ0n) is 8.07. The van der Waals surface area contributed by atoms with E-state index < -0.39 is 11.8 Å². The molecule has 3 N–H and O–H groups in total. The van der Waals surface area contributed by atoms with E-state index >= 15 is 0 Å². The first-order valence-electron chi connectivity index (χ1n) is 4.43. The molecule has 0 spiro atoms. The Morgan fingerprint density at radius 3 is 2.81 bits per heavy atom. The molecule has 0 aliphatic rings. The van der Waals surface area contributed by atoms with Crippen molar-refractivity contribution in [1.82, 2.24) is 15.2 Å². The number of urea groups is 1. The van der Waals surface area contributed by atoms with Gasteiger partial charge in [0, 0.05) is 0 Å². The van der Waals surface area contributed by atoms with Gasteiger partial charge in [-0.3, -0.25) is 5.32 Å². The van der Waals surface area contributed by atoms with Crippen molar-refractivity contribution < 1.29 is 9.18 Å². The summed E-state index contributed by atoms with van der Waals surface area (Å²) in [7, 11) is 0. The van der Waals surface area contributed by atoms with Gasteiger partial charge >= 0.3 is 6.03 Å². The molecule has 7 heteroatoms. The highest BCUT2D eigenvalue weighted by Gasteiger charge is 2.06. The highest BCUT2D eigenvalue weighted by Crippen LogP contribution is 2.12. The molecule has 1 aromatic heterocycles. The Balaban J connectivity index is 2.00. The number of carbonyl (C=O) groups is 1. The fourth-order valence-electron chi connectivity index (χ4n) is 1.09. The Kier molecular flexibility index (Phi) is 2.77. The largest absolute Gasteiger partial charge is 0.326 e. The van der Waals surface area contributed by atoms with Gasteiger partial charge in [-0.2, -0.15) is 10.1 Å². The standard InChI is InChI=1S/C9H8FN5O/c10-6-3-1-2-4-7(6)13-9(16)14-8-11-5-12-15-8/h1-5H,(H3,11,12,13,14,15,16). The molecule has 2 aromatic rings. The third kappa shape index (κ3) is 2.32. The van der Waals surface area contributed by atoms with Gasteiger partial charge in [0.05, 0.1) is 5.69 Å². The molecule has 6 nitrogen and oxygen atoms in total. The van der Waals surface area contributed by atoms with Crippen molar-refractivity contribution in [2.45, 2.75) is 0 Å². The minimum atomic E-state index is -0.596. The van der Waals surface area contributed by atoms with Gasteiger partial charge in [-0.15, -0.1) is 0 Å². The number of amides is 2. The van der Waals surface area contributed by atoms with Crippen LogP contribution < -0.4 is 10.6 Å². The molecule has 0 atom stereocenters. The summed E-state index contributed by atoms with van der Waals surface area (Å²) in [5.41, 5.74) is 0.0968. The lowest BCUT2D eigenvalue weighted by Crippen LogP contribution is -2.20. The molecule has 82 valence electrons. The van der Waals surface area contributed by atoms with Crippen LogP contribution in [0.25, 0.3) is 0 Å². The molecule has 0 aliphatic carbocycles. The second kappa shape index (κ2) is 4.39. The first kappa shape index (κ1) is 10.1. The van der Waals surface area contributed by atoms with E-state index in [0.29, 0.717) is 0 Å². The molecule has 0 bridgehead atoms. The number of carbonyl (C=O) groups excluding carboxylic acids is 1. The molecule has 1 heterocycles. The maximum absolute atomic E-state index is 13.2. The fourth-order valence-corrected chi connectivity index (χ4v) is 1.09. The van der Waals surface area contributed by atoms with Crippen LogP contribution in [0.1, 0.15) is 0 Å². The highest BCUT2D eigenvalue weighted by atomic mass is 19.1. The summed E-state index contributed by atoms with van der Waals surface area (Å²) >= 11 is 0. The van der Waals surface area contributed by atoms with Crippen molar-refractivity contribution in [2.24, 2.45) is 0 Å². The molecule has 0 aliphatic heterocycles. The lowest BCUT2D eigenvalue weighted by molar-refractivity contribution is 0.262. The van der Waals surface area contributed by atoms with E-state index in [9.17, 15) is 9.18 Å². The van der Waals surface area contributed by atoms with Crippen LogP contribution in [-0.4, -0.2) is 21.2 Å². The van der Waals surface area contributed by atoms with Crippen molar-refractivity contribution in [1.29, 1.82) is 0 Å². The number of nitrogens with zero attached hydrogens (tertiary/aromatic N) is 2. The van der Waals surface area contributed by atoms with E-state index in [-0.39, 0.29) is 11.6 Å². The minimum Gasteiger partial charge on any atom is -0.305 e. The van der Waals surface area contributed by atoms with Crippen molar-refractivity contribution >= 4 is 17.7 Å². The molecule has 0 unspecified atom stereocenters. The molecule has 16 heavy (non-hydrogen) atoms. The number of hydrogen-bond donors (Lipinski definition) is 3. The van der Waals surface area contributed by atoms with Crippen molar-refractivity contribution in [3.05, 3.63) is 36.4 Å². The van der Waals surface area contributed by atoms with Gasteiger partial charge in [0.25, 0.3) is 0 Å². The minimum absolute atomic E-state index is 0.0968. The molecule has 0 fully saturated rings. The Labute approximate surface area is 89.9 Å². The Hall–Kier alpha value is -2.44. The summed E-state index contributed by atoms with van der Waals surface area (Å²) in [6.45, 7) is 0. The van der Waals surface area contributed by atoms with Gasteiger partial charge in [0.15, 0.2) is 0 Å². The predicted octanol–water partition coefficient (Wildman–Crippen LogP) is 1.59. The Morgan fingerprint density at radius 2 is 2.12 bits per heavy atom. The number of nitrogens with one attached hydrogen (secondary N) is 3. The summed E-state index contributed by atoms with van der Waals surface area (Å²) < 4.78 is 13.2. The van der Waals surface area contributed by atoms with Gasteiger partial charge in [0.1, 0.15) is 12.1 Å². The number of aromatic nitrogens is 3. The van der Waals surface area contributed by atoms with Crippen LogP contribution in [0, 0.1) is 5.82 Å². The Bertz CT molecular complexity index is 484. The van der Waals surface area contributed by atoms with Crippen LogP contribution in [0.5, 0.6) is 0 Å².